The van der Waals surface area contributed by atoms with E-state index in [9.17, 15) is 0 Å². The predicted octanol–water partition coefficient (Wildman–Crippen LogP) is 2.81. The lowest BCUT2D eigenvalue weighted by atomic mass is 10.1. The molecule has 0 aliphatic rings. The number of amidine groups is 1. The van der Waals surface area contributed by atoms with Gasteiger partial charge in [-0.05, 0) is 12.1 Å². The first kappa shape index (κ1) is 10.8. The SMILES string of the molecule is CN=C(C(C)C)N(C)c1ccccc1. The van der Waals surface area contributed by atoms with Crippen LogP contribution >= 0.6 is 0 Å². The number of rotatable bonds is 2. The van der Waals surface area contributed by atoms with Gasteiger partial charge >= 0.3 is 0 Å². The van der Waals surface area contributed by atoms with Crippen LogP contribution in [0.25, 0.3) is 0 Å². The Kier molecular flexibility index (Phi) is 3.69. The van der Waals surface area contributed by atoms with Gasteiger partial charge in [0.2, 0.25) is 0 Å². The molecule has 76 valence electrons. The number of aliphatic imine (C=N–C) groups is 1. The molecule has 0 bridgehead atoms. The zero-order valence-corrected chi connectivity index (χ0v) is 9.36. The van der Waals surface area contributed by atoms with Gasteiger partial charge in [-0.3, -0.25) is 4.99 Å². The van der Waals surface area contributed by atoms with Crippen LogP contribution in [0.15, 0.2) is 35.3 Å². The van der Waals surface area contributed by atoms with E-state index in [1.807, 2.05) is 25.2 Å². The summed E-state index contributed by atoms with van der Waals surface area (Å²) in [6.07, 6.45) is 0. The molecule has 14 heavy (non-hydrogen) atoms. The van der Waals surface area contributed by atoms with Gasteiger partial charge in [-0.25, -0.2) is 0 Å². The van der Waals surface area contributed by atoms with Crippen LogP contribution in [-0.4, -0.2) is 19.9 Å². The summed E-state index contributed by atoms with van der Waals surface area (Å²) in [5.74, 6) is 1.56. The summed E-state index contributed by atoms with van der Waals surface area (Å²) in [4.78, 5) is 6.44. The highest BCUT2D eigenvalue weighted by atomic mass is 15.2. The second-order valence-corrected chi connectivity index (χ2v) is 3.63. The topological polar surface area (TPSA) is 15.6 Å². The largest absolute Gasteiger partial charge is 0.333 e. The van der Waals surface area contributed by atoms with Crippen molar-refractivity contribution in [1.82, 2.24) is 0 Å². The molecule has 0 spiro atoms. The highest BCUT2D eigenvalue weighted by molar-refractivity contribution is 5.98. The number of benzene rings is 1. The molecule has 0 atom stereocenters. The first-order valence-corrected chi connectivity index (χ1v) is 4.92. The highest BCUT2D eigenvalue weighted by Gasteiger charge is 2.10. The van der Waals surface area contributed by atoms with Crippen molar-refractivity contribution in [2.24, 2.45) is 10.9 Å². The lowest BCUT2D eigenvalue weighted by molar-refractivity contribution is 0.855. The first-order valence-electron chi connectivity index (χ1n) is 4.92. The minimum atomic E-state index is 0.449. The summed E-state index contributed by atoms with van der Waals surface area (Å²) in [5, 5.41) is 0. The van der Waals surface area contributed by atoms with E-state index in [4.69, 9.17) is 0 Å². The van der Waals surface area contributed by atoms with Crippen LogP contribution in [0.3, 0.4) is 0 Å². The Balaban J connectivity index is 2.90. The van der Waals surface area contributed by atoms with E-state index < -0.39 is 0 Å². The van der Waals surface area contributed by atoms with Crippen molar-refractivity contribution in [1.29, 1.82) is 0 Å². The van der Waals surface area contributed by atoms with Crippen LogP contribution in [0, 0.1) is 5.92 Å². The van der Waals surface area contributed by atoms with Gasteiger partial charge in [0.1, 0.15) is 5.84 Å². The third-order valence-corrected chi connectivity index (χ3v) is 2.23. The van der Waals surface area contributed by atoms with Gasteiger partial charge in [0, 0.05) is 25.7 Å². The maximum absolute atomic E-state index is 4.31. The van der Waals surface area contributed by atoms with Crippen molar-refractivity contribution in [2.75, 3.05) is 19.0 Å². The number of para-hydroxylation sites is 1. The minimum absolute atomic E-state index is 0.449. The second kappa shape index (κ2) is 4.80. The van der Waals surface area contributed by atoms with Gasteiger partial charge in [0.25, 0.3) is 0 Å². The molecule has 0 aromatic heterocycles. The molecular formula is C12H18N2. The first-order chi connectivity index (χ1) is 6.66. The van der Waals surface area contributed by atoms with E-state index in [1.165, 1.54) is 5.69 Å². The van der Waals surface area contributed by atoms with Crippen LogP contribution in [0.2, 0.25) is 0 Å². The summed E-state index contributed by atoms with van der Waals surface area (Å²) < 4.78 is 0. The molecule has 1 rings (SSSR count). The quantitative estimate of drug-likeness (QED) is 0.517. The van der Waals surface area contributed by atoms with Crippen LogP contribution < -0.4 is 4.90 Å². The molecule has 0 aliphatic carbocycles. The zero-order chi connectivity index (χ0) is 10.6. The highest BCUT2D eigenvalue weighted by Crippen LogP contribution is 2.14. The summed E-state index contributed by atoms with van der Waals surface area (Å²) in [6.45, 7) is 4.31. The Bertz CT molecular complexity index is 301. The van der Waals surface area contributed by atoms with Crippen molar-refractivity contribution in [3.8, 4) is 0 Å². The Morgan fingerprint density at radius 1 is 1.21 bits per heavy atom. The number of hydrogen-bond acceptors (Lipinski definition) is 1. The standard InChI is InChI=1S/C12H18N2/c1-10(2)12(13-3)14(4)11-8-6-5-7-9-11/h5-10H,1-4H3. The molecule has 0 aliphatic heterocycles. The Labute approximate surface area is 86.3 Å². The zero-order valence-electron chi connectivity index (χ0n) is 9.36. The lowest BCUT2D eigenvalue weighted by Gasteiger charge is -2.23. The third-order valence-electron chi connectivity index (χ3n) is 2.23. The molecule has 0 radical (unpaired) electrons. The maximum atomic E-state index is 4.31. The second-order valence-electron chi connectivity index (χ2n) is 3.63. The fourth-order valence-electron chi connectivity index (χ4n) is 1.58. The molecular weight excluding hydrogens is 172 g/mol. The predicted molar refractivity (Wildman–Crippen MR) is 63.0 cm³/mol. The molecule has 2 heteroatoms. The third kappa shape index (κ3) is 2.34. The van der Waals surface area contributed by atoms with E-state index in [0.29, 0.717) is 5.92 Å². The van der Waals surface area contributed by atoms with E-state index in [2.05, 4.69) is 42.9 Å². The molecule has 2 nitrogen and oxygen atoms in total. The van der Waals surface area contributed by atoms with Crippen molar-refractivity contribution in [3.63, 3.8) is 0 Å². The lowest BCUT2D eigenvalue weighted by Crippen LogP contribution is -2.30. The van der Waals surface area contributed by atoms with E-state index in [1.54, 1.807) is 0 Å². The fourth-order valence-corrected chi connectivity index (χ4v) is 1.58. The van der Waals surface area contributed by atoms with Gasteiger partial charge < -0.3 is 4.90 Å². The number of hydrogen-bond donors (Lipinski definition) is 0. The van der Waals surface area contributed by atoms with Crippen molar-refractivity contribution < 1.29 is 0 Å². The molecule has 0 heterocycles. The number of nitrogens with zero attached hydrogens (tertiary/aromatic N) is 2. The van der Waals surface area contributed by atoms with Crippen LogP contribution in [0.1, 0.15) is 13.8 Å². The van der Waals surface area contributed by atoms with E-state index in [0.717, 1.165) is 5.84 Å². The Morgan fingerprint density at radius 2 is 1.79 bits per heavy atom. The Morgan fingerprint density at radius 3 is 2.21 bits per heavy atom. The monoisotopic (exact) mass is 190 g/mol. The minimum Gasteiger partial charge on any atom is -0.333 e. The van der Waals surface area contributed by atoms with Crippen molar-refractivity contribution in [3.05, 3.63) is 30.3 Å². The molecule has 0 saturated carbocycles. The normalized spacial score (nSPS) is 11.9. The number of anilines is 1. The van der Waals surface area contributed by atoms with Gasteiger partial charge in [-0.15, -0.1) is 0 Å². The average Bonchev–Trinajstić information content (AvgIpc) is 2.19. The summed E-state index contributed by atoms with van der Waals surface area (Å²) in [5.41, 5.74) is 1.18. The summed E-state index contributed by atoms with van der Waals surface area (Å²) in [6, 6.07) is 10.3. The van der Waals surface area contributed by atoms with Crippen molar-refractivity contribution in [2.45, 2.75) is 13.8 Å². The summed E-state index contributed by atoms with van der Waals surface area (Å²) >= 11 is 0. The van der Waals surface area contributed by atoms with Gasteiger partial charge in [0.05, 0.1) is 0 Å². The van der Waals surface area contributed by atoms with Gasteiger partial charge in [-0.1, -0.05) is 32.0 Å². The Hall–Kier alpha value is -1.31. The molecule has 0 unspecified atom stereocenters. The summed E-state index contributed by atoms with van der Waals surface area (Å²) in [7, 11) is 3.90. The molecule has 1 aromatic rings. The molecule has 1 aromatic carbocycles. The van der Waals surface area contributed by atoms with E-state index in [-0.39, 0.29) is 0 Å². The van der Waals surface area contributed by atoms with Gasteiger partial charge in [-0.2, -0.15) is 0 Å². The van der Waals surface area contributed by atoms with Crippen LogP contribution in [0.5, 0.6) is 0 Å². The molecule has 0 N–H and O–H groups in total. The van der Waals surface area contributed by atoms with Crippen molar-refractivity contribution >= 4 is 11.5 Å². The van der Waals surface area contributed by atoms with Gasteiger partial charge in [0.15, 0.2) is 0 Å². The molecule has 0 fully saturated rings. The molecule has 0 amide bonds. The van der Waals surface area contributed by atoms with E-state index >= 15 is 0 Å². The van der Waals surface area contributed by atoms with Crippen LogP contribution in [0.4, 0.5) is 5.69 Å². The maximum Gasteiger partial charge on any atom is 0.105 e. The smallest absolute Gasteiger partial charge is 0.105 e. The fraction of sp³-hybridized carbons (Fsp3) is 0.417. The van der Waals surface area contributed by atoms with Crippen LogP contribution in [-0.2, 0) is 0 Å². The molecule has 0 saturated heterocycles. The average molecular weight is 190 g/mol.